The highest BCUT2D eigenvalue weighted by atomic mass is 16.5. The fourth-order valence-corrected chi connectivity index (χ4v) is 1.86. The molecule has 6 nitrogen and oxygen atoms in total. The van der Waals surface area contributed by atoms with Gasteiger partial charge in [-0.05, 0) is 6.92 Å². The van der Waals surface area contributed by atoms with Crippen molar-refractivity contribution >= 4 is 5.78 Å². The highest BCUT2D eigenvalue weighted by Gasteiger charge is 2.19. The molecule has 1 rings (SSSR count). The van der Waals surface area contributed by atoms with Crippen LogP contribution in [0.4, 0.5) is 0 Å². The minimum absolute atomic E-state index is 0.151. The fraction of sp³-hybridized carbons (Fsp3) is 0.471. The van der Waals surface area contributed by atoms with Crippen LogP contribution in [0, 0.1) is 0 Å². The lowest BCUT2D eigenvalue weighted by Crippen LogP contribution is -2.10. The van der Waals surface area contributed by atoms with E-state index in [1.807, 2.05) is 6.92 Å². The first-order valence-electron chi connectivity index (χ1n) is 7.38. The second kappa shape index (κ2) is 10.6. The third kappa shape index (κ3) is 6.30. The zero-order valence-corrected chi connectivity index (χ0v) is 13.8. The van der Waals surface area contributed by atoms with E-state index >= 15 is 0 Å². The molecule has 23 heavy (non-hydrogen) atoms. The first kappa shape index (κ1) is 19.0. The molecular weight excluding hydrogens is 300 g/mol. The Bertz CT molecular complexity index is 524. The standard InChI is InChI=1S/C17H24O6/c1-4-5-6-14(18)17-15(19)11-13(22-9-7-20-2)12-16(17)23-10-8-21-3/h4-5,11-12,19H,6-10H2,1-3H3/b5-4+. The zero-order valence-electron chi connectivity index (χ0n) is 13.8. The van der Waals surface area contributed by atoms with Crippen molar-refractivity contribution in [1.29, 1.82) is 0 Å². The molecule has 0 aliphatic heterocycles. The second-order valence-corrected chi connectivity index (χ2v) is 4.69. The first-order valence-corrected chi connectivity index (χ1v) is 7.38. The number of phenols is 1. The van der Waals surface area contributed by atoms with Crippen LogP contribution in [0.3, 0.4) is 0 Å². The van der Waals surface area contributed by atoms with Crippen LogP contribution >= 0.6 is 0 Å². The Morgan fingerprint density at radius 2 is 1.74 bits per heavy atom. The van der Waals surface area contributed by atoms with Gasteiger partial charge in [0.15, 0.2) is 5.78 Å². The molecule has 6 heteroatoms. The topological polar surface area (TPSA) is 74.2 Å². The highest BCUT2D eigenvalue weighted by Crippen LogP contribution is 2.34. The summed E-state index contributed by atoms with van der Waals surface area (Å²) < 4.78 is 20.9. The number of hydrogen-bond acceptors (Lipinski definition) is 6. The second-order valence-electron chi connectivity index (χ2n) is 4.69. The van der Waals surface area contributed by atoms with Gasteiger partial charge in [0.2, 0.25) is 0 Å². The van der Waals surface area contributed by atoms with Gasteiger partial charge in [0.25, 0.3) is 0 Å². The molecule has 0 spiro atoms. The van der Waals surface area contributed by atoms with Crippen molar-refractivity contribution in [3.8, 4) is 17.2 Å². The number of allylic oxidation sites excluding steroid dienone is 2. The Morgan fingerprint density at radius 3 is 2.35 bits per heavy atom. The molecule has 1 aromatic carbocycles. The van der Waals surface area contributed by atoms with E-state index in [-0.39, 0.29) is 35.9 Å². The minimum Gasteiger partial charge on any atom is -0.507 e. The normalized spacial score (nSPS) is 10.9. The van der Waals surface area contributed by atoms with E-state index in [2.05, 4.69) is 0 Å². The van der Waals surface area contributed by atoms with Crippen molar-refractivity contribution in [2.75, 3.05) is 40.6 Å². The lowest BCUT2D eigenvalue weighted by Gasteiger charge is -2.14. The van der Waals surface area contributed by atoms with Gasteiger partial charge in [-0.2, -0.15) is 0 Å². The zero-order chi connectivity index (χ0) is 17.1. The van der Waals surface area contributed by atoms with Crippen molar-refractivity contribution < 1.29 is 28.8 Å². The number of Topliss-reactive ketones (excluding diaryl/α,β-unsaturated/α-hetero) is 1. The Morgan fingerprint density at radius 1 is 1.09 bits per heavy atom. The number of ketones is 1. The van der Waals surface area contributed by atoms with E-state index in [1.54, 1.807) is 32.4 Å². The van der Waals surface area contributed by atoms with Gasteiger partial charge in [-0.25, -0.2) is 0 Å². The van der Waals surface area contributed by atoms with Crippen LogP contribution in [0.2, 0.25) is 0 Å². The maximum atomic E-state index is 12.3. The minimum atomic E-state index is -0.226. The molecule has 0 unspecified atom stereocenters. The maximum absolute atomic E-state index is 12.3. The van der Waals surface area contributed by atoms with Crippen LogP contribution in [-0.2, 0) is 9.47 Å². The van der Waals surface area contributed by atoms with Gasteiger partial charge >= 0.3 is 0 Å². The van der Waals surface area contributed by atoms with Crippen LogP contribution in [0.15, 0.2) is 24.3 Å². The number of ether oxygens (including phenoxy) is 4. The summed E-state index contributed by atoms with van der Waals surface area (Å²) in [6.07, 6.45) is 3.70. The van der Waals surface area contributed by atoms with Crippen molar-refractivity contribution in [2.24, 2.45) is 0 Å². The number of carbonyl (C=O) groups is 1. The molecule has 0 fully saturated rings. The third-order valence-electron chi connectivity index (χ3n) is 2.97. The molecule has 0 amide bonds. The lowest BCUT2D eigenvalue weighted by atomic mass is 10.0. The predicted octanol–water partition coefficient (Wildman–Crippen LogP) is 2.59. The summed E-state index contributed by atoms with van der Waals surface area (Å²) in [5.74, 6) is 0.303. The third-order valence-corrected chi connectivity index (χ3v) is 2.97. The number of carbonyl (C=O) groups excluding carboxylic acids is 1. The smallest absolute Gasteiger partial charge is 0.174 e. The first-order chi connectivity index (χ1) is 11.1. The number of benzene rings is 1. The quantitative estimate of drug-likeness (QED) is 0.383. The number of rotatable bonds is 11. The van der Waals surface area contributed by atoms with Gasteiger partial charge in [0.1, 0.15) is 36.0 Å². The van der Waals surface area contributed by atoms with Crippen LogP contribution in [0.1, 0.15) is 23.7 Å². The summed E-state index contributed by atoms with van der Waals surface area (Å²) in [6.45, 7) is 3.22. The van der Waals surface area contributed by atoms with Gasteiger partial charge in [-0.1, -0.05) is 12.2 Å². The Hall–Kier alpha value is -2.05. The number of methoxy groups -OCH3 is 2. The highest BCUT2D eigenvalue weighted by molar-refractivity contribution is 6.02. The summed E-state index contributed by atoms with van der Waals surface area (Å²) in [5.41, 5.74) is 0.151. The molecule has 0 bridgehead atoms. The van der Waals surface area contributed by atoms with Crippen LogP contribution < -0.4 is 9.47 Å². The average molecular weight is 324 g/mol. The molecule has 0 saturated heterocycles. The number of aromatic hydroxyl groups is 1. The van der Waals surface area contributed by atoms with E-state index in [1.165, 1.54) is 6.07 Å². The largest absolute Gasteiger partial charge is 0.507 e. The number of hydrogen-bond donors (Lipinski definition) is 1. The molecule has 0 radical (unpaired) electrons. The van der Waals surface area contributed by atoms with Gasteiger partial charge in [0, 0.05) is 32.8 Å². The van der Waals surface area contributed by atoms with E-state index in [0.29, 0.717) is 25.6 Å². The predicted molar refractivity (Wildman–Crippen MR) is 86.6 cm³/mol. The SMILES string of the molecule is C/C=C/CC(=O)c1c(O)cc(OCCOC)cc1OCCOC. The average Bonchev–Trinajstić information content (AvgIpc) is 2.53. The molecule has 0 aliphatic rings. The van der Waals surface area contributed by atoms with Crippen LogP contribution in [0.5, 0.6) is 17.2 Å². The molecule has 0 aliphatic carbocycles. The van der Waals surface area contributed by atoms with Gasteiger partial charge in [-0.3, -0.25) is 4.79 Å². The molecule has 128 valence electrons. The fourth-order valence-electron chi connectivity index (χ4n) is 1.86. The lowest BCUT2D eigenvalue weighted by molar-refractivity contribution is 0.0984. The molecule has 1 N–H and O–H groups in total. The van der Waals surface area contributed by atoms with E-state index < -0.39 is 0 Å². The van der Waals surface area contributed by atoms with Crippen molar-refractivity contribution in [3.05, 3.63) is 29.8 Å². The Labute approximate surface area is 136 Å². The maximum Gasteiger partial charge on any atom is 0.174 e. The van der Waals surface area contributed by atoms with E-state index in [9.17, 15) is 9.90 Å². The van der Waals surface area contributed by atoms with Gasteiger partial charge < -0.3 is 24.1 Å². The summed E-state index contributed by atoms with van der Waals surface area (Å²) in [5, 5.41) is 10.2. The number of phenolic OH excluding ortho intramolecular Hbond substituents is 1. The van der Waals surface area contributed by atoms with E-state index in [4.69, 9.17) is 18.9 Å². The van der Waals surface area contributed by atoms with Crippen molar-refractivity contribution in [3.63, 3.8) is 0 Å². The Balaban J connectivity index is 3.02. The Kier molecular flexibility index (Phi) is 8.79. The summed E-state index contributed by atoms with van der Waals surface area (Å²) in [7, 11) is 3.13. The van der Waals surface area contributed by atoms with Gasteiger partial charge in [0.05, 0.1) is 13.2 Å². The van der Waals surface area contributed by atoms with E-state index in [0.717, 1.165) is 0 Å². The molecule has 0 heterocycles. The van der Waals surface area contributed by atoms with Crippen molar-refractivity contribution in [1.82, 2.24) is 0 Å². The summed E-state index contributed by atoms with van der Waals surface area (Å²) >= 11 is 0. The molecule has 0 atom stereocenters. The van der Waals surface area contributed by atoms with Crippen molar-refractivity contribution in [2.45, 2.75) is 13.3 Å². The molecule has 0 aromatic heterocycles. The molecular formula is C17H24O6. The summed E-state index contributed by atoms with van der Waals surface area (Å²) in [6, 6.07) is 3.00. The van der Waals surface area contributed by atoms with Crippen LogP contribution in [0.25, 0.3) is 0 Å². The molecule has 1 aromatic rings. The molecule has 0 saturated carbocycles. The summed E-state index contributed by atoms with van der Waals surface area (Å²) in [4.78, 5) is 12.3. The van der Waals surface area contributed by atoms with Gasteiger partial charge in [-0.15, -0.1) is 0 Å². The van der Waals surface area contributed by atoms with Crippen LogP contribution in [-0.4, -0.2) is 51.5 Å². The monoisotopic (exact) mass is 324 g/mol.